The standard InChI is InChI=1S/C23H23ClN2O3S/c1-4-12-29-22-19(24)13-17(14-20(22)28-3)10-11-21(27)26(18-8-6-5-7-9-18)23-25-16(2)15-30-23/h5-11,13-15H,4,12H2,1-3H3. The predicted octanol–water partition coefficient (Wildman–Crippen LogP) is 6.28. The smallest absolute Gasteiger partial charge is 0.257 e. The first-order valence-corrected chi connectivity index (χ1v) is 10.8. The number of hydrogen-bond donors (Lipinski definition) is 0. The largest absolute Gasteiger partial charge is 0.493 e. The summed E-state index contributed by atoms with van der Waals surface area (Å²) in [6, 6.07) is 13.0. The first-order chi connectivity index (χ1) is 14.5. The summed E-state index contributed by atoms with van der Waals surface area (Å²) in [5, 5.41) is 2.97. The van der Waals surface area contributed by atoms with E-state index in [-0.39, 0.29) is 5.91 Å². The molecule has 156 valence electrons. The molecule has 0 radical (unpaired) electrons. The maximum Gasteiger partial charge on any atom is 0.257 e. The van der Waals surface area contributed by atoms with Gasteiger partial charge in [0.1, 0.15) is 0 Å². The van der Waals surface area contributed by atoms with Gasteiger partial charge in [0.05, 0.1) is 30.1 Å². The van der Waals surface area contributed by atoms with Gasteiger partial charge in [-0.25, -0.2) is 4.98 Å². The molecule has 0 aliphatic rings. The van der Waals surface area contributed by atoms with Crippen LogP contribution in [0.2, 0.25) is 5.02 Å². The van der Waals surface area contributed by atoms with Crippen LogP contribution in [0.4, 0.5) is 10.8 Å². The van der Waals surface area contributed by atoms with Crippen LogP contribution in [0.3, 0.4) is 0 Å². The number of benzene rings is 2. The van der Waals surface area contributed by atoms with E-state index in [0.717, 1.165) is 23.4 Å². The zero-order valence-corrected chi connectivity index (χ0v) is 18.7. The second kappa shape index (κ2) is 10.3. The van der Waals surface area contributed by atoms with Crippen molar-refractivity contribution in [1.29, 1.82) is 0 Å². The molecule has 0 spiro atoms. The van der Waals surface area contributed by atoms with Crippen LogP contribution < -0.4 is 14.4 Å². The second-order valence-corrected chi connectivity index (χ2v) is 7.74. The Bertz CT molecular complexity index is 1030. The summed E-state index contributed by atoms with van der Waals surface area (Å²) in [7, 11) is 1.56. The average Bonchev–Trinajstić information content (AvgIpc) is 3.17. The van der Waals surface area contributed by atoms with Crippen LogP contribution in [0.5, 0.6) is 11.5 Å². The van der Waals surface area contributed by atoms with Gasteiger partial charge in [0.15, 0.2) is 16.6 Å². The maximum atomic E-state index is 13.1. The van der Waals surface area contributed by atoms with Crippen molar-refractivity contribution >= 4 is 45.7 Å². The minimum atomic E-state index is -0.211. The lowest BCUT2D eigenvalue weighted by Crippen LogP contribution is -2.23. The Morgan fingerprint density at radius 2 is 2.03 bits per heavy atom. The van der Waals surface area contributed by atoms with Crippen LogP contribution in [0.15, 0.2) is 53.9 Å². The molecule has 0 N–H and O–H groups in total. The number of thiazole rings is 1. The third-order valence-corrected chi connectivity index (χ3v) is 5.38. The summed E-state index contributed by atoms with van der Waals surface area (Å²) in [4.78, 5) is 19.2. The van der Waals surface area contributed by atoms with Gasteiger partial charge in [-0.3, -0.25) is 9.69 Å². The molecule has 0 saturated carbocycles. The molecule has 0 bridgehead atoms. The fourth-order valence-corrected chi connectivity index (χ4v) is 3.88. The number of anilines is 2. The number of para-hydroxylation sites is 1. The molecule has 1 amide bonds. The zero-order valence-electron chi connectivity index (χ0n) is 17.1. The lowest BCUT2D eigenvalue weighted by Gasteiger charge is -2.18. The summed E-state index contributed by atoms with van der Waals surface area (Å²) in [6.45, 7) is 4.47. The molecule has 7 heteroatoms. The van der Waals surface area contributed by atoms with E-state index < -0.39 is 0 Å². The van der Waals surface area contributed by atoms with Gasteiger partial charge in [0.25, 0.3) is 5.91 Å². The summed E-state index contributed by atoms with van der Waals surface area (Å²) < 4.78 is 11.1. The molecule has 1 heterocycles. The Morgan fingerprint density at radius 3 is 2.67 bits per heavy atom. The Hall–Kier alpha value is -2.83. The summed E-state index contributed by atoms with van der Waals surface area (Å²) >= 11 is 7.80. The van der Waals surface area contributed by atoms with Crippen molar-refractivity contribution in [2.75, 3.05) is 18.6 Å². The number of nitrogens with zero attached hydrogens (tertiary/aromatic N) is 2. The fraction of sp³-hybridized carbons (Fsp3) is 0.217. The van der Waals surface area contributed by atoms with Crippen molar-refractivity contribution in [1.82, 2.24) is 4.98 Å². The first-order valence-electron chi connectivity index (χ1n) is 9.53. The maximum absolute atomic E-state index is 13.1. The van der Waals surface area contributed by atoms with Gasteiger partial charge in [0.2, 0.25) is 0 Å². The molecule has 30 heavy (non-hydrogen) atoms. The van der Waals surface area contributed by atoms with Crippen LogP contribution in [0, 0.1) is 6.92 Å². The van der Waals surface area contributed by atoms with E-state index in [1.165, 1.54) is 17.4 Å². The van der Waals surface area contributed by atoms with E-state index in [4.69, 9.17) is 21.1 Å². The summed E-state index contributed by atoms with van der Waals surface area (Å²) in [6.07, 6.45) is 4.07. The van der Waals surface area contributed by atoms with E-state index in [9.17, 15) is 4.79 Å². The van der Waals surface area contributed by atoms with Crippen LogP contribution in [-0.4, -0.2) is 24.6 Å². The monoisotopic (exact) mass is 442 g/mol. The van der Waals surface area contributed by atoms with E-state index in [0.29, 0.717) is 28.3 Å². The molecule has 0 aliphatic heterocycles. The third-order valence-electron chi connectivity index (χ3n) is 4.15. The number of hydrogen-bond acceptors (Lipinski definition) is 5. The van der Waals surface area contributed by atoms with Gasteiger partial charge >= 0.3 is 0 Å². The topological polar surface area (TPSA) is 51.7 Å². The Kier molecular flexibility index (Phi) is 7.49. The molecule has 0 fully saturated rings. The Labute approximate surface area is 185 Å². The predicted molar refractivity (Wildman–Crippen MR) is 123 cm³/mol. The van der Waals surface area contributed by atoms with Gasteiger partial charge in [-0.15, -0.1) is 11.3 Å². The normalized spacial score (nSPS) is 10.9. The number of carbonyl (C=O) groups excluding carboxylic acids is 1. The lowest BCUT2D eigenvalue weighted by molar-refractivity contribution is -0.113. The number of rotatable bonds is 8. The van der Waals surface area contributed by atoms with Crippen LogP contribution in [0.1, 0.15) is 24.6 Å². The molecule has 0 unspecified atom stereocenters. The van der Waals surface area contributed by atoms with Gasteiger partial charge in [0, 0.05) is 11.5 Å². The average molecular weight is 443 g/mol. The minimum absolute atomic E-state index is 0.211. The zero-order chi connectivity index (χ0) is 21.5. The fourth-order valence-electron chi connectivity index (χ4n) is 2.78. The minimum Gasteiger partial charge on any atom is -0.493 e. The molecule has 0 aliphatic carbocycles. The Morgan fingerprint density at radius 1 is 1.27 bits per heavy atom. The quantitative estimate of drug-likeness (QED) is 0.385. The van der Waals surface area contributed by atoms with Gasteiger partial charge in [-0.1, -0.05) is 36.7 Å². The number of halogens is 1. The van der Waals surface area contributed by atoms with Crippen LogP contribution in [-0.2, 0) is 4.79 Å². The number of amides is 1. The molecule has 1 aromatic heterocycles. The molecular formula is C23H23ClN2O3S. The number of methoxy groups -OCH3 is 1. The molecular weight excluding hydrogens is 420 g/mol. The molecule has 0 saturated heterocycles. The second-order valence-electron chi connectivity index (χ2n) is 6.50. The van der Waals surface area contributed by atoms with Gasteiger partial charge < -0.3 is 9.47 Å². The van der Waals surface area contributed by atoms with Crippen molar-refractivity contribution in [3.8, 4) is 11.5 Å². The number of ether oxygens (including phenoxy) is 2. The van der Waals surface area contributed by atoms with Crippen molar-refractivity contribution in [3.05, 3.63) is 70.2 Å². The SMILES string of the molecule is CCCOc1c(Cl)cc(C=CC(=O)N(c2ccccc2)c2nc(C)cs2)cc1OC. The number of aryl methyl sites for hydroxylation is 1. The molecule has 3 rings (SSSR count). The van der Waals surface area contributed by atoms with E-state index in [1.54, 1.807) is 30.2 Å². The van der Waals surface area contributed by atoms with Crippen LogP contribution in [0.25, 0.3) is 6.08 Å². The summed E-state index contributed by atoms with van der Waals surface area (Å²) in [5.41, 5.74) is 2.35. The molecule has 3 aromatic rings. The lowest BCUT2D eigenvalue weighted by atomic mass is 10.1. The molecule has 5 nitrogen and oxygen atoms in total. The van der Waals surface area contributed by atoms with Gasteiger partial charge in [-0.2, -0.15) is 0 Å². The highest BCUT2D eigenvalue weighted by Gasteiger charge is 2.19. The van der Waals surface area contributed by atoms with E-state index in [1.807, 2.05) is 49.6 Å². The van der Waals surface area contributed by atoms with Crippen molar-refractivity contribution in [2.24, 2.45) is 0 Å². The molecule has 0 atom stereocenters. The number of aromatic nitrogens is 1. The van der Waals surface area contributed by atoms with Crippen molar-refractivity contribution in [3.63, 3.8) is 0 Å². The highest BCUT2D eigenvalue weighted by molar-refractivity contribution is 7.14. The van der Waals surface area contributed by atoms with Gasteiger partial charge in [-0.05, 0) is 49.2 Å². The number of carbonyl (C=O) groups is 1. The van der Waals surface area contributed by atoms with Crippen molar-refractivity contribution < 1.29 is 14.3 Å². The third kappa shape index (κ3) is 5.20. The van der Waals surface area contributed by atoms with E-state index in [2.05, 4.69) is 4.98 Å². The van der Waals surface area contributed by atoms with Crippen LogP contribution >= 0.6 is 22.9 Å². The Balaban J connectivity index is 1.89. The highest BCUT2D eigenvalue weighted by atomic mass is 35.5. The van der Waals surface area contributed by atoms with E-state index >= 15 is 0 Å². The first kappa shape index (κ1) is 21.9. The highest BCUT2D eigenvalue weighted by Crippen LogP contribution is 2.37. The van der Waals surface area contributed by atoms with Crippen molar-refractivity contribution in [2.45, 2.75) is 20.3 Å². The summed E-state index contributed by atoms with van der Waals surface area (Å²) in [5.74, 6) is 0.823. The molecule has 2 aromatic carbocycles.